The molecule has 1 fully saturated rings. The molecule has 3 aromatic rings. The zero-order valence-electron chi connectivity index (χ0n) is 13.4. The monoisotopic (exact) mass is 342 g/mol. The van der Waals surface area contributed by atoms with Crippen LogP contribution in [0.15, 0.2) is 34.9 Å². The summed E-state index contributed by atoms with van der Waals surface area (Å²) in [5.74, 6) is 1.71. The van der Waals surface area contributed by atoms with E-state index in [0.717, 1.165) is 31.1 Å². The topological polar surface area (TPSA) is 62.5 Å². The van der Waals surface area contributed by atoms with Crippen LogP contribution < -0.4 is 4.90 Å². The zero-order chi connectivity index (χ0) is 16.5. The maximum absolute atomic E-state index is 12.5. The molecule has 0 N–H and O–H groups in total. The number of nitrogens with zero attached hydrogens (tertiary/aromatic N) is 4. The first-order chi connectivity index (χ1) is 11.8. The van der Waals surface area contributed by atoms with E-state index in [9.17, 15) is 4.79 Å². The van der Waals surface area contributed by atoms with Gasteiger partial charge in [0, 0.05) is 44.1 Å². The number of piperazine rings is 1. The van der Waals surface area contributed by atoms with Crippen LogP contribution in [-0.2, 0) is 6.42 Å². The van der Waals surface area contributed by atoms with E-state index in [0.29, 0.717) is 18.8 Å². The lowest BCUT2D eigenvalue weighted by molar-refractivity contribution is 0.0736. The van der Waals surface area contributed by atoms with Gasteiger partial charge in [0.15, 0.2) is 5.69 Å². The molecular weight excluding hydrogens is 324 g/mol. The molecule has 2 aromatic heterocycles. The fourth-order valence-electron chi connectivity index (χ4n) is 2.96. The van der Waals surface area contributed by atoms with Crippen LogP contribution in [0.4, 0.5) is 5.82 Å². The number of amides is 1. The zero-order valence-corrected chi connectivity index (χ0v) is 14.3. The molecule has 3 heterocycles. The third-order valence-corrected chi connectivity index (χ3v) is 5.17. The number of carbonyl (C=O) groups excluding carboxylic acids is 1. The first kappa shape index (κ1) is 15.1. The van der Waals surface area contributed by atoms with Gasteiger partial charge in [-0.1, -0.05) is 24.2 Å². The molecule has 7 heteroatoms. The first-order valence-corrected chi connectivity index (χ1v) is 8.88. The van der Waals surface area contributed by atoms with Gasteiger partial charge in [0.2, 0.25) is 0 Å². The van der Waals surface area contributed by atoms with Crippen LogP contribution in [0.3, 0.4) is 0 Å². The Balaban J connectivity index is 1.45. The van der Waals surface area contributed by atoms with Crippen LogP contribution >= 0.6 is 11.5 Å². The molecule has 0 unspecified atom stereocenters. The number of hydrogen-bond acceptors (Lipinski definition) is 6. The molecule has 24 heavy (non-hydrogen) atoms. The lowest BCUT2D eigenvalue weighted by Crippen LogP contribution is -2.49. The number of fused-ring (bicyclic) bond motifs is 1. The summed E-state index contributed by atoms with van der Waals surface area (Å²) < 4.78 is 10.9. The van der Waals surface area contributed by atoms with Crippen molar-refractivity contribution in [2.75, 3.05) is 31.1 Å². The van der Waals surface area contributed by atoms with Crippen molar-refractivity contribution in [2.24, 2.45) is 0 Å². The fraction of sp³-hybridized carbons (Fsp3) is 0.353. The van der Waals surface area contributed by atoms with Crippen molar-refractivity contribution in [2.45, 2.75) is 13.3 Å². The van der Waals surface area contributed by atoms with Crippen molar-refractivity contribution < 1.29 is 9.32 Å². The third kappa shape index (κ3) is 2.65. The smallest absolute Gasteiger partial charge is 0.276 e. The minimum atomic E-state index is -0.0544. The Kier molecular flexibility index (Phi) is 3.93. The van der Waals surface area contributed by atoms with Gasteiger partial charge in [-0.05, 0) is 23.7 Å². The maximum Gasteiger partial charge on any atom is 0.276 e. The molecule has 0 bridgehead atoms. The van der Waals surface area contributed by atoms with Crippen LogP contribution in [0.25, 0.3) is 10.1 Å². The highest BCUT2D eigenvalue weighted by Gasteiger charge is 2.26. The minimum Gasteiger partial charge on any atom is -0.361 e. The van der Waals surface area contributed by atoms with Gasteiger partial charge >= 0.3 is 0 Å². The summed E-state index contributed by atoms with van der Waals surface area (Å²) in [5.41, 5.74) is 0.402. The van der Waals surface area contributed by atoms with Gasteiger partial charge in [-0.2, -0.15) is 4.37 Å². The second kappa shape index (κ2) is 6.24. The van der Waals surface area contributed by atoms with E-state index < -0.39 is 0 Å². The molecule has 4 rings (SSSR count). The van der Waals surface area contributed by atoms with E-state index in [2.05, 4.69) is 26.6 Å². The summed E-state index contributed by atoms with van der Waals surface area (Å²) in [4.78, 5) is 16.6. The largest absolute Gasteiger partial charge is 0.361 e. The molecule has 1 aliphatic rings. The number of rotatable bonds is 3. The van der Waals surface area contributed by atoms with Crippen molar-refractivity contribution in [1.29, 1.82) is 0 Å². The van der Waals surface area contributed by atoms with Gasteiger partial charge in [0.05, 0.1) is 4.70 Å². The molecule has 0 atom stereocenters. The average Bonchev–Trinajstić information content (AvgIpc) is 3.28. The Bertz CT molecular complexity index is 864. The number of aromatic nitrogens is 2. The van der Waals surface area contributed by atoms with E-state index >= 15 is 0 Å². The Labute approximate surface area is 143 Å². The first-order valence-electron chi connectivity index (χ1n) is 8.10. The highest BCUT2D eigenvalue weighted by molar-refractivity contribution is 7.13. The number of carbonyl (C=O) groups is 1. The quantitative estimate of drug-likeness (QED) is 0.732. The molecule has 1 aliphatic heterocycles. The van der Waals surface area contributed by atoms with Crippen molar-refractivity contribution in [3.05, 3.63) is 41.8 Å². The van der Waals surface area contributed by atoms with E-state index in [1.165, 1.54) is 21.6 Å². The average molecular weight is 342 g/mol. The SMILES string of the molecule is CCc1cc(C(=O)N2CCN(c3nsc4ccccc34)CC2)no1. The van der Waals surface area contributed by atoms with Crippen LogP contribution in [0.1, 0.15) is 23.2 Å². The Morgan fingerprint density at radius 2 is 2.04 bits per heavy atom. The summed E-state index contributed by atoms with van der Waals surface area (Å²) in [6.07, 6.45) is 0.741. The molecule has 0 spiro atoms. The van der Waals surface area contributed by atoms with Gasteiger partial charge in [0.1, 0.15) is 11.6 Å². The maximum atomic E-state index is 12.5. The molecule has 1 aromatic carbocycles. The molecule has 0 aliphatic carbocycles. The molecule has 124 valence electrons. The second-order valence-corrected chi connectivity index (χ2v) is 6.62. The lowest BCUT2D eigenvalue weighted by atomic mass is 10.2. The van der Waals surface area contributed by atoms with Gasteiger partial charge in [-0.3, -0.25) is 4.79 Å². The fourth-order valence-corrected chi connectivity index (χ4v) is 3.76. The van der Waals surface area contributed by atoms with Crippen molar-refractivity contribution >= 4 is 33.3 Å². The highest BCUT2D eigenvalue weighted by atomic mass is 32.1. The van der Waals surface area contributed by atoms with Crippen molar-refractivity contribution in [1.82, 2.24) is 14.4 Å². The third-order valence-electron chi connectivity index (χ3n) is 4.35. The molecular formula is C17H18N4O2S. The van der Waals surface area contributed by atoms with Gasteiger partial charge in [-0.25, -0.2) is 0 Å². The van der Waals surface area contributed by atoms with Crippen LogP contribution in [0.5, 0.6) is 0 Å². The number of aryl methyl sites for hydroxylation is 1. The Morgan fingerprint density at radius 3 is 2.79 bits per heavy atom. The Hall–Kier alpha value is -2.41. The number of anilines is 1. The van der Waals surface area contributed by atoms with Crippen LogP contribution in [0, 0.1) is 0 Å². The molecule has 0 saturated carbocycles. The summed E-state index contributed by atoms with van der Waals surface area (Å²) in [5, 5.41) is 5.07. The molecule has 1 amide bonds. The standard InChI is InChI=1S/C17H18N4O2S/c1-2-12-11-14(18-23-12)17(22)21-9-7-20(8-10-21)16-13-5-3-4-6-15(13)24-19-16/h3-6,11H,2,7-10H2,1H3. The highest BCUT2D eigenvalue weighted by Crippen LogP contribution is 2.29. The van der Waals surface area contributed by atoms with Crippen molar-refractivity contribution in [3.63, 3.8) is 0 Å². The number of hydrogen-bond donors (Lipinski definition) is 0. The molecule has 1 saturated heterocycles. The van der Waals surface area contributed by atoms with Crippen molar-refractivity contribution in [3.8, 4) is 0 Å². The Morgan fingerprint density at radius 1 is 1.25 bits per heavy atom. The summed E-state index contributed by atoms with van der Waals surface area (Å²) >= 11 is 1.52. The minimum absolute atomic E-state index is 0.0544. The van der Waals surface area contributed by atoms with E-state index in [1.807, 2.05) is 24.0 Å². The predicted molar refractivity (Wildman–Crippen MR) is 93.6 cm³/mol. The molecule has 6 nitrogen and oxygen atoms in total. The van der Waals surface area contributed by atoms with Crippen LogP contribution in [0.2, 0.25) is 0 Å². The lowest BCUT2D eigenvalue weighted by Gasteiger charge is -2.34. The van der Waals surface area contributed by atoms with E-state index in [4.69, 9.17) is 4.52 Å². The molecule has 0 radical (unpaired) electrons. The summed E-state index contributed by atoms with van der Waals surface area (Å²) in [6, 6.07) is 10.0. The summed E-state index contributed by atoms with van der Waals surface area (Å²) in [7, 11) is 0. The van der Waals surface area contributed by atoms with E-state index in [1.54, 1.807) is 6.07 Å². The van der Waals surface area contributed by atoms with Gasteiger partial charge < -0.3 is 14.3 Å². The number of benzene rings is 1. The predicted octanol–water partition coefficient (Wildman–Crippen LogP) is 2.81. The second-order valence-electron chi connectivity index (χ2n) is 5.81. The van der Waals surface area contributed by atoms with E-state index in [-0.39, 0.29) is 5.91 Å². The van der Waals surface area contributed by atoms with Gasteiger partial charge in [-0.15, -0.1) is 0 Å². The normalized spacial score (nSPS) is 15.2. The van der Waals surface area contributed by atoms with Gasteiger partial charge in [0.25, 0.3) is 5.91 Å². The van der Waals surface area contributed by atoms with Crippen LogP contribution in [-0.4, -0.2) is 46.5 Å². The summed E-state index contributed by atoms with van der Waals surface area (Å²) in [6.45, 7) is 4.86.